The number of ether oxygens (including phenoxy) is 1. The van der Waals surface area contributed by atoms with Crippen LogP contribution in [0.2, 0.25) is 0 Å². The van der Waals surface area contributed by atoms with Gasteiger partial charge in [0.05, 0.1) is 66.2 Å². The minimum Gasteiger partial charge on any atom is -0.378 e. The van der Waals surface area contributed by atoms with Crippen LogP contribution in [0.1, 0.15) is 38.0 Å². The second-order valence-electron chi connectivity index (χ2n) is 11.5. The number of carbonyl (C=O) groups excluding carboxylic acids is 2. The molecule has 0 radical (unpaired) electrons. The van der Waals surface area contributed by atoms with Gasteiger partial charge in [-0.15, -0.1) is 11.3 Å². The number of aromatic amines is 1. The lowest BCUT2D eigenvalue weighted by Crippen LogP contribution is -3.13. The van der Waals surface area contributed by atoms with Crippen LogP contribution in [-0.2, 0) is 20.9 Å². The normalized spacial score (nSPS) is 16.8. The number of thiophene rings is 1. The Bertz CT molecular complexity index is 1530. The highest BCUT2D eigenvalue weighted by Crippen LogP contribution is 2.35. The fraction of sp³-hybridized carbons (Fsp3) is 0.500. The predicted octanol–water partition coefficient (Wildman–Crippen LogP) is 2.69. The molecule has 10 nitrogen and oxygen atoms in total. The molecule has 2 aliphatic heterocycles. The molecule has 0 spiro atoms. The van der Waals surface area contributed by atoms with Crippen molar-refractivity contribution in [3.63, 3.8) is 0 Å². The highest BCUT2D eigenvalue weighted by atomic mass is 32.1. The number of quaternary nitrogens is 1. The fourth-order valence-corrected chi connectivity index (χ4v) is 6.97. The Labute approximate surface area is 243 Å². The number of hydrogen-bond acceptors (Lipinski definition) is 8. The van der Waals surface area contributed by atoms with Crippen molar-refractivity contribution in [2.75, 3.05) is 57.4 Å². The van der Waals surface area contributed by atoms with Crippen LogP contribution in [0, 0.1) is 5.92 Å². The number of aromatic nitrogens is 4. The summed E-state index contributed by atoms with van der Waals surface area (Å²) in [4.78, 5) is 41.9. The Hall–Kier alpha value is -3.41. The van der Waals surface area contributed by atoms with E-state index in [1.807, 2.05) is 37.1 Å². The summed E-state index contributed by atoms with van der Waals surface area (Å²) in [6, 6.07) is 8.29. The molecule has 0 unspecified atom stereocenters. The summed E-state index contributed by atoms with van der Waals surface area (Å²) in [6.45, 7) is 11.2. The first-order valence-electron chi connectivity index (χ1n) is 14.6. The van der Waals surface area contributed by atoms with Gasteiger partial charge in [0, 0.05) is 43.3 Å². The number of nitrogens with zero attached hydrogens (tertiary/aromatic N) is 5. The molecule has 5 heterocycles. The van der Waals surface area contributed by atoms with Gasteiger partial charge in [-0.1, -0.05) is 26.0 Å². The van der Waals surface area contributed by atoms with Gasteiger partial charge >= 0.3 is 0 Å². The maximum absolute atomic E-state index is 12.7. The molecule has 0 aliphatic carbocycles. The van der Waals surface area contributed by atoms with Gasteiger partial charge in [-0.2, -0.15) is 5.10 Å². The maximum Gasteiger partial charge on any atom is 0.223 e. The number of H-pyrrole nitrogens is 1. The number of hydrogen-bond donors (Lipinski definition) is 2. The average Bonchev–Trinajstić information content (AvgIpc) is 3.62. The molecule has 1 aromatic carbocycles. The lowest BCUT2D eigenvalue weighted by molar-refractivity contribution is -0.917. The topological polar surface area (TPSA) is 109 Å². The third-order valence-electron chi connectivity index (χ3n) is 7.94. The van der Waals surface area contributed by atoms with E-state index in [4.69, 9.17) is 14.7 Å². The SMILES string of the molecule is CC(C)CC(=O)CCC(=O)N1CC[NH+](Cc2cc3nc(-c4cccc5[nH]ncc45)nc(N4CCOCC4)c3s2)CC1. The van der Waals surface area contributed by atoms with Gasteiger partial charge in [-0.25, -0.2) is 9.97 Å². The molecular weight excluding hydrogens is 538 g/mol. The van der Waals surface area contributed by atoms with Crippen molar-refractivity contribution in [2.24, 2.45) is 5.92 Å². The molecule has 2 fully saturated rings. The first-order chi connectivity index (χ1) is 19.9. The van der Waals surface area contributed by atoms with Crippen molar-refractivity contribution in [1.82, 2.24) is 25.1 Å². The van der Waals surface area contributed by atoms with E-state index < -0.39 is 0 Å². The van der Waals surface area contributed by atoms with E-state index in [0.717, 1.165) is 78.3 Å². The summed E-state index contributed by atoms with van der Waals surface area (Å²) in [7, 11) is 0. The zero-order chi connectivity index (χ0) is 28.3. The van der Waals surface area contributed by atoms with Crippen LogP contribution in [-0.4, -0.2) is 89.2 Å². The highest BCUT2D eigenvalue weighted by Gasteiger charge is 2.26. The number of nitrogens with one attached hydrogen (secondary N) is 2. The standard InChI is InChI=1S/C30H37N7O3S/c1-20(2)16-21(38)6-7-27(39)36-10-8-35(9-11-36)19-22-17-26-28(41-22)30(37-12-14-40-15-13-37)33-29(32-26)23-4-3-5-25-24(23)18-31-34-25/h3-5,17-18,20H,6-16,19H2,1-2H3,(H,31,34)/p+1. The smallest absolute Gasteiger partial charge is 0.223 e. The van der Waals surface area contributed by atoms with Crippen LogP contribution in [0.3, 0.4) is 0 Å². The summed E-state index contributed by atoms with van der Waals surface area (Å²) < 4.78 is 6.74. The number of rotatable bonds is 9. The Morgan fingerprint density at radius 1 is 1.10 bits per heavy atom. The molecule has 0 bridgehead atoms. The number of ketones is 1. The largest absolute Gasteiger partial charge is 0.378 e. The second kappa shape index (κ2) is 12.2. The van der Waals surface area contributed by atoms with Gasteiger partial charge < -0.3 is 19.4 Å². The highest BCUT2D eigenvalue weighted by molar-refractivity contribution is 7.19. The van der Waals surface area contributed by atoms with Gasteiger partial charge in [0.25, 0.3) is 0 Å². The molecule has 3 aromatic heterocycles. The first-order valence-corrected chi connectivity index (χ1v) is 15.4. The first kappa shape index (κ1) is 27.7. The molecule has 4 aromatic rings. The van der Waals surface area contributed by atoms with Crippen LogP contribution < -0.4 is 9.80 Å². The minimum atomic E-state index is 0.105. The number of morpholine rings is 1. The predicted molar refractivity (Wildman–Crippen MR) is 160 cm³/mol. The lowest BCUT2D eigenvalue weighted by Gasteiger charge is -2.32. The van der Waals surface area contributed by atoms with Crippen molar-refractivity contribution >= 4 is 50.0 Å². The van der Waals surface area contributed by atoms with E-state index in [2.05, 4.69) is 27.2 Å². The lowest BCUT2D eigenvalue weighted by atomic mass is 10.0. The molecule has 11 heteroatoms. The molecule has 41 heavy (non-hydrogen) atoms. The molecule has 0 atom stereocenters. The van der Waals surface area contributed by atoms with E-state index >= 15 is 0 Å². The zero-order valence-electron chi connectivity index (χ0n) is 23.8. The Balaban J connectivity index is 1.18. The quantitative estimate of drug-likeness (QED) is 0.315. The summed E-state index contributed by atoms with van der Waals surface area (Å²) in [5, 5.41) is 8.29. The number of Topliss-reactive ketones (excluding diaryl/α,β-unsaturated/α-hetero) is 1. The van der Waals surface area contributed by atoms with Gasteiger partial charge in [0.15, 0.2) is 11.6 Å². The fourth-order valence-electron chi connectivity index (χ4n) is 5.78. The minimum absolute atomic E-state index is 0.105. The van der Waals surface area contributed by atoms with E-state index in [-0.39, 0.29) is 11.7 Å². The summed E-state index contributed by atoms with van der Waals surface area (Å²) in [6.07, 6.45) is 3.08. The number of anilines is 1. The second-order valence-corrected chi connectivity index (χ2v) is 12.6. The van der Waals surface area contributed by atoms with Crippen LogP contribution in [0.15, 0.2) is 30.5 Å². The molecule has 2 N–H and O–H groups in total. The van der Waals surface area contributed by atoms with Crippen LogP contribution >= 0.6 is 11.3 Å². The van der Waals surface area contributed by atoms with Gasteiger partial charge in [-0.3, -0.25) is 14.7 Å². The molecular formula is C30H38N7O3S+. The molecule has 216 valence electrons. The monoisotopic (exact) mass is 576 g/mol. The Morgan fingerprint density at radius 2 is 1.90 bits per heavy atom. The summed E-state index contributed by atoms with van der Waals surface area (Å²) in [5.74, 6) is 2.32. The van der Waals surface area contributed by atoms with Crippen LogP contribution in [0.25, 0.3) is 32.5 Å². The molecule has 6 rings (SSSR count). The molecule has 2 aliphatic rings. The maximum atomic E-state index is 12.7. The summed E-state index contributed by atoms with van der Waals surface area (Å²) in [5.41, 5.74) is 2.91. The van der Waals surface area contributed by atoms with Crippen molar-refractivity contribution in [2.45, 2.75) is 39.7 Å². The Kier molecular flexibility index (Phi) is 8.27. The molecule has 0 saturated carbocycles. The van der Waals surface area contributed by atoms with Crippen molar-refractivity contribution in [1.29, 1.82) is 0 Å². The number of piperazine rings is 1. The van der Waals surface area contributed by atoms with Crippen molar-refractivity contribution in [3.8, 4) is 11.4 Å². The van der Waals surface area contributed by atoms with E-state index in [1.165, 1.54) is 9.78 Å². The van der Waals surface area contributed by atoms with Crippen LogP contribution in [0.4, 0.5) is 5.82 Å². The van der Waals surface area contributed by atoms with E-state index in [9.17, 15) is 9.59 Å². The average molecular weight is 577 g/mol. The third-order valence-corrected chi connectivity index (χ3v) is 9.06. The third kappa shape index (κ3) is 6.27. The van der Waals surface area contributed by atoms with Gasteiger partial charge in [0.2, 0.25) is 5.91 Å². The molecule has 2 saturated heterocycles. The van der Waals surface area contributed by atoms with Gasteiger partial charge in [-0.05, 0) is 18.1 Å². The van der Waals surface area contributed by atoms with E-state index in [1.54, 1.807) is 11.3 Å². The Morgan fingerprint density at radius 3 is 2.68 bits per heavy atom. The number of amides is 1. The zero-order valence-corrected chi connectivity index (χ0v) is 24.6. The number of benzene rings is 1. The van der Waals surface area contributed by atoms with Crippen molar-refractivity contribution in [3.05, 3.63) is 35.3 Å². The summed E-state index contributed by atoms with van der Waals surface area (Å²) >= 11 is 1.78. The molecule has 1 amide bonds. The number of fused-ring (bicyclic) bond motifs is 2. The van der Waals surface area contributed by atoms with Crippen LogP contribution in [0.5, 0.6) is 0 Å². The van der Waals surface area contributed by atoms with E-state index in [0.29, 0.717) is 44.2 Å². The number of carbonyl (C=O) groups is 2. The van der Waals surface area contributed by atoms with Gasteiger partial charge in [0.1, 0.15) is 12.3 Å². The van der Waals surface area contributed by atoms with Crippen molar-refractivity contribution < 1.29 is 19.2 Å².